The van der Waals surface area contributed by atoms with E-state index in [9.17, 15) is 0 Å². The van der Waals surface area contributed by atoms with Gasteiger partial charge < -0.3 is 4.90 Å². The maximum Gasteiger partial charge on any atom is 0.0143 e. The van der Waals surface area contributed by atoms with E-state index in [-0.39, 0.29) is 0 Å². The molecule has 120 valence electrons. The highest BCUT2D eigenvalue weighted by atomic mass is 15.1. The zero-order valence-electron chi connectivity index (χ0n) is 15.0. The third-order valence-electron chi connectivity index (χ3n) is 4.27. The van der Waals surface area contributed by atoms with Crippen LogP contribution in [0.15, 0.2) is 12.3 Å². The summed E-state index contributed by atoms with van der Waals surface area (Å²) < 4.78 is 0. The zero-order valence-corrected chi connectivity index (χ0v) is 15.0. The first-order valence-corrected chi connectivity index (χ1v) is 8.91. The number of nitrogens with zero attached hydrogens (tertiary/aromatic N) is 1. The highest BCUT2D eigenvalue weighted by Crippen LogP contribution is 2.19. The van der Waals surface area contributed by atoms with Crippen molar-refractivity contribution in [2.24, 2.45) is 17.8 Å². The predicted octanol–water partition coefficient (Wildman–Crippen LogP) is 6.11. The van der Waals surface area contributed by atoms with Crippen LogP contribution in [0.2, 0.25) is 0 Å². The fourth-order valence-corrected chi connectivity index (χ4v) is 2.61. The van der Waals surface area contributed by atoms with E-state index in [1.165, 1.54) is 38.5 Å². The van der Waals surface area contributed by atoms with Crippen molar-refractivity contribution in [2.45, 2.75) is 80.1 Å². The molecule has 0 saturated heterocycles. The number of allylic oxidation sites excluding steroid dienone is 1. The molecule has 0 aliphatic carbocycles. The highest BCUT2D eigenvalue weighted by Gasteiger charge is 2.05. The molecule has 1 heteroatoms. The molecule has 0 saturated carbocycles. The molecular formula is C19H39N. The monoisotopic (exact) mass is 281 g/mol. The summed E-state index contributed by atoms with van der Waals surface area (Å²) in [6, 6.07) is 0. The van der Waals surface area contributed by atoms with Crippen molar-refractivity contribution in [3.8, 4) is 0 Å². The Balaban J connectivity index is 3.66. The van der Waals surface area contributed by atoms with Gasteiger partial charge in [-0.1, -0.05) is 65.9 Å². The summed E-state index contributed by atoms with van der Waals surface area (Å²) in [5.41, 5.74) is 0. The van der Waals surface area contributed by atoms with E-state index in [1.54, 1.807) is 0 Å². The molecule has 0 aromatic heterocycles. The Hall–Kier alpha value is -0.460. The molecule has 20 heavy (non-hydrogen) atoms. The van der Waals surface area contributed by atoms with E-state index in [2.05, 4.69) is 58.7 Å². The van der Waals surface area contributed by atoms with Crippen LogP contribution in [0.5, 0.6) is 0 Å². The smallest absolute Gasteiger partial charge is 0.0143 e. The van der Waals surface area contributed by atoms with Gasteiger partial charge in [0.2, 0.25) is 0 Å². The van der Waals surface area contributed by atoms with Crippen LogP contribution >= 0.6 is 0 Å². The lowest BCUT2D eigenvalue weighted by atomic mass is 9.93. The van der Waals surface area contributed by atoms with Crippen LogP contribution in [0.25, 0.3) is 0 Å². The molecule has 0 aliphatic rings. The van der Waals surface area contributed by atoms with Gasteiger partial charge in [0.25, 0.3) is 0 Å². The molecule has 0 radical (unpaired) electrons. The predicted molar refractivity (Wildman–Crippen MR) is 92.9 cm³/mol. The van der Waals surface area contributed by atoms with Crippen LogP contribution in [0.4, 0.5) is 0 Å². The van der Waals surface area contributed by atoms with Gasteiger partial charge in [0, 0.05) is 13.1 Å². The van der Waals surface area contributed by atoms with Gasteiger partial charge in [-0.2, -0.15) is 0 Å². The molecule has 0 amide bonds. The second-order valence-electron chi connectivity index (χ2n) is 6.90. The Morgan fingerprint density at radius 2 is 1.35 bits per heavy atom. The summed E-state index contributed by atoms with van der Waals surface area (Å²) in [7, 11) is 0. The standard InChI is InChI=1S/C19H39N/c1-7-20(8-2)16-15-19(6)14-10-13-18(5)12-9-11-17(3)4/h15-19H,7-14H2,1-6H3. The normalized spacial score (nSPS) is 14.9. The molecule has 0 heterocycles. The second kappa shape index (κ2) is 12.3. The highest BCUT2D eigenvalue weighted by molar-refractivity contribution is 4.86. The third kappa shape index (κ3) is 11.4. The minimum absolute atomic E-state index is 0.721. The Kier molecular flexibility index (Phi) is 12.0. The lowest BCUT2D eigenvalue weighted by Gasteiger charge is -2.16. The van der Waals surface area contributed by atoms with Gasteiger partial charge in [0.05, 0.1) is 0 Å². The number of hydrogen-bond acceptors (Lipinski definition) is 1. The van der Waals surface area contributed by atoms with Gasteiger partial charge in [-0.25, -0.2) is 0 Å². The van der Waals surface area contributed by atoms with Crippen LogP contribution in [-0.2, 0) is 0 Å². The lowest BCUT2D eigenvalue weighted by Crippen LogP contribution is -2.15. The molecule has 0 aromatic rings. The van der Waals surface area contributed by atoms with Crippen LogP contribution in [-0.4, -0.2) is 18.0 Å². The largest absolute Gasteiger partial charge is 0.378 e. The summed E-state index contributed by atoms with van der Waals surface area (Å²) in [5, 5.41) is 0. The number of hydrogen-bond donors (Lipinski definition) is 0. The first kappa shape index (κ1) is 19.5. The Bertz CT molecular complexity index is 228. The zero-order chi connectivity index (χ0) is 15.4. The van der Waals surface area contributed by atoms with Gasteiger partial charge in [-0.05, 0) is 44.2 Å². The van der Waals surface area contributed by atoms with E-state index in [0.29, 0.717) is 0 Å². The van der Waals surface area contributed by atoms with Crippen molar-refractivity contribution in [1.82, 2.24) is 4.90 Å². The van der Waals surface area contributed by atoms with Crippen molar-refractivity contribution in [1.29, 1.82) is 0 Å². The first-order chi connectivity index (χ1) is 9.49. The third-order valence-corrected chi connectivity index (χ3v) is 4.27. The molecule has 2 atom stereocenters. The molecule has 0 aromatic carbocycles. The maximum absolute atomic E-state index is 2.43. The van der Waals surface area contributed by atoms with Crippen molar-refractivity contribution in [3.05, 3.63) is 12.3 Å². The summed E-state index contributed by atoms with van der Waals surface area (Å²) in [5.74, 6) is 2.50. The molecule has 0 spiro atoms. The Morgan fingerprint density at radius 1 is 0.800 bits per heavy atom. The summed E-state index contributed by atoms with van der Waals surface area (Å²) >= 11 is 0. The minimum Gasteiger partial charge on any atom is -0.378 e. The first-order valence-electron chi connectivity index (χ1n) is 8.91. The SMILES string of the molecule is CCN(C=CC(C)CCCC(C)CCCC(C)C)CC. The van der Waals surface area contributed by atoms with Crippen molar-refractivity contribution < 1.29 is 0 Å². The van der Waals surface area contributed by atoms with Crippen LogP contribution in [0.3, 0.4) is 0 Å². The average Bonchev–Trinajstić information content (AvgIpc) is 2.39. The Labute approximate surface area is 128 Å². The van der Waals surface area contributed by atoms with Gasteiger partial charge in [-0.15, -0.1) is 0 Å². The van der Waals surface area contributed by atoms with Gasteiger partial charge >= 0.3 is 0 Å². The van der Waals surface area contributed by atoms with E-state index in [0.717, 1.165) is 30.8 Å². The fraction of sp³-hybridized carbons (Fsp3) is 0.895. The summed E-state index contributed by atoms with van der Waals surface area (Å²) in [4.78, 5) is 2.37. The molecule has 0 aliphatic heterocycles. The molecule has 0 rings (SSSR count). The van der Waals surface area contributed by atoms with Crippen molar-refractivity contribution >= 4 is 0 Å². The molecular weight excluding hydrogens is 242 g/mol. The van der Waals surface area contributed by atoms with E-state index in [4.69, 9.17) is 0 Å². The van der Waals surface area contributed by atoms with Crippen LogP contribution in [0, 0.1) is 17.8 Å². The molecule has 0 fully saturated rings. The Morgan fingerprint density at radius 3 is 1.85 bits per heavy atom. The molecule has 2 unspecified atom stereocenters. The van der Waals surface area contributed by atoms with Crippen molar-refractivity contribution in [2.75, 3.05) is 13.1 Å². The average molecular weight is 282 g/mol. The van der Waals surface area contributed by atoms with E-state index >= 15 is 0 Å². The lowest BCUT2D eigenvalue weighted by molar-refractivity contribution is 0.404. The number of rotatable bonds is 12. The quantitative estimate of drug-likeness (QED) is 0.417. The van der Waals surface area contributed by atoms with Gasteiger partial charge in [0.1, 0.15) is 0 Å². The topological polar surface area (TPSA) is 3.24 Å². The van der Waals surface area contributed by atoms with Gasteiger partial charge in [-0.3, -0.25) is 0 Å². The van der Waals surface area contributed by atoms with E-state index in [1.807, 2.05) is 0 Å². The second-order valence-corrected chi connectivity index (χ2v) is 6.90. The maximum atomic E-state index is 2.43. The van der Waals surface area contributed by atoms with E-state index < -0.39 is 0 Å². The van der Waals surface area contributed by atoms with Crippen molar-refractivity contribution in [3.63, 3.8) is 0 Å². The fourth-order valence-electron chi connectivity index (χ4n) is 2.61. The molecule has 0 N–H and O–H groups in total. The summed E-state index contributed by atoms with van der Waals surface area (Å²) in [6.45, 7) is 16.1. The van der Waals surface area contributed by atoms with Crippen LogP contribution in [0.1, 0.15) is 80.1 Å². The molecule has 0 bridgehead atoms. The minimum atomic E-state index is 0.721. The van der Waals surface area contributed by atoms with Gasteiger partial charge in [0.15, 0.2) is 0 Å². The summed E-state index contributed by atoms with van der Waals surface area (Å²) in [6.07, 6.45) is 13.0. The molecule has 1 nitrogen and oxygen atoms in total. The van der Waals surface area contributed by atoms with Crippen LogP contribution < -0.4 is 0 Å².